The Balaban J connectivity index is 0.00000324. The maximum Gasteiger partial charge on any atom is 0.253 e. The molecule has 0 aliphatic carbocycles. The van der Waals surface area contributed by atoms with Gasteiger partial charge in [-0.25, -0.2) is 0 Å². The molecule has 0 spiro atoms. The van der Waals surface area contributed by atoms with Gasteiger partial charge in [0.1, 0.15) is 0 Å². The van der Waals surface area contributed by atoms with Gasteiger partial charge in [-0.15, -0.1) is 12.4 Å². The van der Waals surface area contributed by atoms with Crippen LogP contribution in [0.25, 0.3) is 0 Å². The normalized spacial score (nSPS) is 13.6. The predicted octanol–water partition coefficient (Wildman–Crippen LogP) is 3.52. The first-order valence-electron chi connectivity index (χ1n) is 5.78. The van der Waals surface area contributed by atoms with Crippen molar-refractivity contribution in [3.63, 3.8) is 0 Å². The molecule has 6 heteroatoms. The van der Waals surface area contributed by atoms with Crippen molar-refractivity contribution >= 4 is 41.5 Å². The highest BCUT2D eigenvalue weighted by Crippen LogP contribution is 2.26. The highest BCUT2D eigenvalue weighted by atomic mass is 35.5. The third kappa shape index (κ3) is 4.25. The molecule has 1 aromatic rings. The Bertz CT molecular complexity index is 452. The Kier molecular flexibility index (Phi) is 7.16. The summed E-state index contributed by atoms with van der Waals surface area (Å²) < 4.78 is 0. The zero-order chi connectivity index (χ0) is 13.9. The number of rotatable bonds is 4. The van der Waals surface area contributed by atoms with E-state index in [4.69, 9.17) is 28.9 Å². The fourth-order valence-corrected chi connectivity index (χ4v) is 1.82. The first-order valence-corrected chi connectivity index (χ1v) is 6.54. The van der Waals surface area contributed by atoms with Gasteiger partial charge in [0.25, 0.3) is 5.91 Å². The van der Waals surface area contributed by atoms with Crippen molar-refractivity contribution in [1.82, 2.24) is 5.32 Å². The first kappa shape index (κ1) is 18.5. The summed E-state index contributed by atoms with van der Waals surface area (Å²) in [6.07, 6.45) is 0. The van der Waals surface area contributed by atoms with Crippen LogP contribution in [-0.4, -0.2) is 18.0 Å². The van der Waals surface area contributed by atoms with Crippen LogP contribution in [0.1, 0.15) is 31.1 Å². The van der Waals surface area contributed by atoms with Gasteiger partial charge < -0.3 is 11.1 Å². The molecule has 0 saturated heterocycles. The summed E-state index contributed by atoms with van der Waals surface area (Å²) in [5.41, 5.74) is 5.62. The third-order valence-electron chi connectivity index (χ3n) is 3.29. The van der Waals surface area contributed by atoms with Crippen LogP contribution in [0.3, 0.4) is 0 Å². The highest BCUT2D eigenvalue weighted by Gasteiger charge is 2.29. The summed E-state index contributed by atoms with van der Waals surface area (Å²) in [5.74, 6) is -0.0476. The Morgan fingerprint density at radius 2 is 2.00 bits per heavy atom. The van der Waals surface area contributed by atoms with Crippen LogP contribution in [0, 0.1) is 5.92 Å². The van der Waals surface area contributed by atoms with E-state index >= 15 is 0 Å². The molecular formula is C13H19Cl3N2O. The number of benzene rings is 1. The smallest absolute Gasteiger partial charge is 0.253 e. The zero-order valence-corrected chi connectivity index (χ0v) is 13.5. The Morgan fingerprint density at radius 1 is 1.42 bits per heavy atom. The Labute approximate surface area is 130 Å². The lowest BCUT2D eigenvalue weighted by atomic mass is 9.88. The number of nitrogens with one attached hydrogen (secondary N) is 1. The molecule has 1 atom stereocenters. The minimum atomic E-state index is -0.470. The SMILES string of the molecule is CC(C)C(C)(CN)NC(=O)c1cccc(Cl)c1Cl.Cl. The van der Waals surface area contributed by atoms with Gasteiger partial charge in [-0.3, -0.25) is 4.79 Å². The number of halogens is 3. The van der Waals surface area contributed by atoms with Crippen molar-refractivity contribution in [2.24, 2.45) is 11.7 Å². The summed E-state index contributed by atoms with van der Waals surface area (Å²) >= 11 is 11.9. The lowest BCUT2D eigenvalue weighted by molar-refractivity contribution is 0.0883. The van der Waals surface area contributed by atoms with Gasteiger partial charge in [-0.2, -0.15) is 0 Å². The molecule has 0 heterocycles. The van der Waals surface area contributed by atoms with Gasteiger partial charge in [-0.1, -0.05) is 43.1 Å². The molecule has 0 fully saturated rings. The molecule has 108 valence electrons. The van der Waals surface area contributed by atoms with E-state index in [0.29, 0.717) is 17.1 Å². The first-order chi connectivity index (χ1) is 8.31. The van der Waals surface area contributed by atoms with Gasteiger partial charge in [0.2, 0.25) is 0 Å². The van der Waals surface area contributed by atoms with E-state index in [1.807, 2.05) is 20.8 Å². The van der Waals surface area contributed by atoms with Gasteiger partial charge in [0.15, 0.2) is 0 Å². The second kappa shape index (κ2) is 7.34. The quantitative estimate of drug-likeness (QED) is 0.890. The molecule has 1 amide bonds. The Hall–Kier alpha value is -0.480. The fourth-order valence-electron chi connectivity index (χ4n) is 1.44. The number of amides is 1. The topological polar surface area (TPSA) is 55.1 Å². The summed E-state index contributed by atoms with van der Waals surface area (Å²) in [5, 5.41) is 3.55. The molecule has 0 saturated carbocycles. The van der Waals surface area contributed by atoms with Crippen molar-refractivity contribution in [2.45, 2.75) is 26.3 Å². The molecule has 1 unspecified atom stereocenters. The predicted molar refractivity (Wildman–Crippen MR) is 83.5 cm³/mol. The summed E-state index contributed by atoms with van der Waals surface area (Å²) in [7, 11) is 0. The van der Waals surface area contributed by atoms with E-state index in [9.17, 15) is 4.79 Å². The lowest BCUT2D eigenvalue weighted by Gasteiger charge is -2.33. The van der Waals surface area contributed by atoms with Gasteiger partial charge >= 0.3 is 0 Å². The minimum Gasteiger partial charge on any atom is -0.345 e. The molecular weight excluding hydrogens is 307 g/mol. The summed E-state index contributed by atoms with van der Waals surface area (Å²) in [6, 6.07) is 4.98. The number of carbonyl (C=O) groups excluding carboxylic acids is 1. The van der Waals surface area contributed by atoms with E-state index in [1.165, 1.54) is 0 Å². The number of carbonyl (C=O) groups is 1. The van der Waals surface area contributed by atoms with E-state index < -0.39 is 5.54 Å². The van der Waals surface area contributed by atoms with E-state index in [2.05, 4.69) is 5.32 Å². The van der Waals surface area contributed by atoms with Crippen LogP contribution >= 0.6 is 35.6 Å². The Morgan fingerprint density at radius 3 is 2.47 bits per heavy atom. The molecule has 19 heavy (non-hydrogen) atoms. The van der Waals surface area contributed by atoms with Crippen molar-refractivity contribution in [2.75, 3.05) is 6.54 Å². The number of nitrogens with two attached hydrogens (primary N) is 1. The van der Waals surface area contributed by atoms with Crippen molar-refractivity contribution in [1.29, 1.82) is 0 Å². The largest absolute Gasteiger partial charge is 0.345 e. The van der Waals surface area contributed by atoms with E-state index in [-0.39, 0.29) is 29.3 Å². The lowest BCUT2D eigenvalue weighted by Crippen LogP contribution is -2.55. The number of hydrogen-bond donors (Lipinski definition) is 2. The maximum atomic E-state index is 12.2. The fraction of sp³-hybridized carbons (Fsp3) is 0.462. The van der Waals surface area contributed by atoms with Crippen LogP contribution < -0.4 is 11.1 Å². The van der Waals surface area contributed by atoms with Crippen LogP contribution in [0.15, 0.2) is 18.2 Å². The molecule has 0 bridgehead atoms. The second-order valence-corrected chi connectivity index (χ2v) is 5.62. The minimum absolute atomic E-state index is 0. The van der Waals surface area contributed by atoms with Crippen LogP contribution in [0.4, 0.5) is 0 Å². The maximum absolute atomic E-state index is 12.2. The second-order valence-electron chi connectivity index (χ2n) is 4.83. The molecule has 0 aromatic heterocycles. The molecule has 3 N–H and O–H groups in total. The standard InChI is InChI=1S/C13H18Cl2N2O.ClH/c1-8(2)13(3,7-16)17-12(18)9-5-4-6-10(14)11(9)15;/h4-6,8H,7,16H2,1-3H3,(H,17,18);1H. The summed E-state index contributed by atoms with van der Waals surface area (Å²) in [4.78, 5) is 12.2. The van der Waals surface area contributed by atoms with Crippen molar-refractivity contribution in [3.05, 3.63) is 33.8 Å². The molecule has 1 aromatic carbocycles. The monoisotopic (exact) mass is 324 g/mol. The van der Waals surface area contributed by atoms with Gasteiger partial charge in [0.05, 0.1) is 21.1 Å². The van der Waals surface area contributed by atoms with Gasteiger partial charge in [-0.05, 0) is 25.0 Å². The van der Waals surface area contributed by atoms with Crippen molar-refractivity contribution in [3.8, 4) is 0 Å². The average molecular weight is 326 g/mol. The molecule has 1 rings (SSSR count). The van der Waals surface area contributed by atoms with Crippen LogP contribution in [0.2, 0.25) is 10.0 Å². The highest BCUT2D eigenvalue weighted by molar-refractivity contribution is 6.43. The molecule has 0 radical (unpaired) electrons. The molecule has 3 nitrogen and oxygen atoms in total. The van der Waals surface area contributed by atoms with E-state index in [1.54, 1.807) is 18.2 Å². The van der Waals surface area contributed by atoms with E-state index in [0.717, 1.165) is 0 Å². The third-order valence-corrected chi connectivity index (χ3v) is 4.11. The zero-order valence-electron chi connectivity index (χ0n) is 11.2. The van der Waals surface area contributed by atoms with Crippen molar-refractivity contribution < 1.29 is 4.79 Å². The average Bonchev–Trinajstić information content (AvgIpc) is 2.32. The molecule has 0 aliphatic heterocycles. The van der Waals surface area contributed by atoms with Gasteiger partial charge in [0, 0.05) is 6.54 Å². The van der Waals surface area contributed by atoms with Crippen LogP contribution in [0.5, 0.6) is 0 Å². The number of hydrogen-bond acceptors (Lipinski definition) is 2. The summed E-state index contributed by atoms with van der Waals surface area (Å²) in [6.45, 7) is 6.28. The van der Waals surface area contributed by atoms with Crippen LogP contribution in [-0.2, 0) is 0 Å². The molecule has 0 aliphatic rings.